The smallest absolute Gasteiger partial charge is 0.336 e. The predicted octanol–water partition coefficient (Wildman–Crippen LogP) is 3.98. The molecule has 0 fully saturated rings. The maximum Gasteiger partial charge on any atom is 0.459 e. The molecule has 0 amide bonds. The van der Waals surface area contributed by atoms with Crippen LogP contribution >= 0.6 is 0 Å². The number of benzene rings is 1. The lowest BCUT2D eigenvalue weighted by atomic mass is 9.90. The molecule has 35 heavy (non-hydrogen) atoms. The Bertz CT molecular complexity index is 1310. The van der Waals surface area contributed by atoms with Gasteiger partial charge in [-0.1, -0.05) is 25.1 Å². The number of aryl methyl sites for hydroxylation is 1. The van der Waals surface area contributed by atoms with Crippen LogP contribution in [0.1, 0.15) is 24.0 Å². The summed E-state index contributed by atoms with van der Waals surface area (Å²) in [5, 5.41) is 3.28. The maximum absolute atomic E-state index is 13.5. The summed E-state index contributed by atoms with van der Waals surface area (Å²) in [4.78, 5) is 22.7. The summed E-state index contributed by atoms with van der Waals surface area (Å²) < 4.78 is 79.7. The van der Waals surface area contributed by atoms with Gasteiger partial charge in [0.2, 0.25) is 5.95 Å². The van der Waals surface area contributed by atoms with E-state index in [0.29, 0.717) is 19.2 Å². The van der Waals surface area contributed by atoms with E-state index in [2.05, 4.69) is 15.1 Å². The minimum absolute atomic E-state index is 0.0262. The maximum atomic E-state index is 13.5. The van der Waals surface area contributed by atoms with Gasteiger partial charge in [0, 0.05) is 19.3 Å². The molecule has 1 aliphatic heterocycles. The molecule has 7 nitrogen and oxygen atoms in total. The number of anilines is 1. The minimum Gasteiger partial charge on any atom is -0.336 e. The Morgan fingerprint density at radius 2 is 1.74 bits per heavy atom. The summed E-state index contributed by atoms with van der Waals surface area (Å²) in [5.41, 5.74) is -0.315. The SMILES string of the molecule is Cc1nc(N2CC=C(c3ccc(F)cc3)[C@@H](C)C2)nc(=O)n1Cn1ccc(C(F)(F)C(F)(F)F)n1. The van der Waals surface area contributed by atoms with Gasteiger partial charge in [-0.3, -0.25) is 9.25 Å². The summed E-state index contributed by atoms with van der Waals surface area (Å²) in [5.74, 6) is -5.08. The average molecular weight is 498 g/mol. The van der Waals surface area contributed by atoms with Crippen molar-refractivity contribution < 1.29 is 26.3 Å². The van der Waals surface area contributed by atoms with E-state index in [1.807, 2.05) is 13.0 Å². The van der Waals surface area contributed by atoms with E-state index in [1.165, 1.54) is 19.1 Å². The van der Waals surface area contributed by atoms with Gasteiger partial charge in [0.25, 0.3) is 0 Å². The molecule has 0 N–H and O–H groups in total. The van der Waals surface area contributed by atoms with Crippen molar-refractivity contribution in [3.63, 3.8) is 0 Å². The van der Waals surface area contributed by atoms with Crippen LogP contribution < -0.4 is 10.6 Å². The van der Waals surface area contributed by atoms with Gasteiger partial charge in [0.15, 0.2) is 0 Å². The molecule has 1 aromatic carbocycles. The molecule has 2 aromatic heterocycles. The van der Waals surface area contributed by atoms with Crippen LogP contribution in [0.3, 0.4) is 0 Å². The van der Waals surface area contributed by atoms with Crippen molar-refractivity contribution in [1.29, 1.82) is 0 Å². The van der Waals surface area contributed by atoms with E-state index < -0.39 is 30.2 Å². The van der Waals surface area contributed by atoms with E-state index in [1.54, 1.807) is 17.0 Å². The lowest BCUT2D eigenvalue weighted by Crippen LogP contribution is -2.38. The molecule has 1 aliphatic rings. The summed E-state index contributed by atoms with van der Waals surface area (Å²) >= 11 is 0. The quantitative estimate of drug-likeness (QED) is 0.498. The number of hydrogen-bond donors (Lipinski definition) is 0. The van der Waals surface area contributed by atoms with Crippen LogP contribution in [-0.4, -0.2) is 43.6 Å². The Balaban J connectivity index is 1.53. The van der Waals surface area contributed by atoms with Crippen molar-refractivity contribution in [2.75, 3.05) is 18.0 Å². The fourth-order valence-electron chi connectivity index (χ4n) is 3.84. The van der Waals surface area contributed by atoms with Gasteiger partial charge in [-0.05, 0) is 42.2 Å². The van der Waals surface area contributed by atoms with Crippen LogP contribution in [0.2, 0.25) is 0 Å². The number of hydrogen-bond acceptors (Lipinski definition) is 5. The molecule has 1 atom stereocenters. The number of alkyl halides is 5. The molecule has 186 valence electrons. The Kier molecular flexibility index (Phi) is 6.20. The molecule has 0 radical (unpaired) electrons. The fourth-order valence-corrected chi connectivity index (χ4v) is 3.84. The first-order valence-corrected chi connectivity index (χ1v) is 10.5. The lowest BCUT2D eigenvalue weighted by molar-refractivity contribution is -0.291. The largest absolute Gasteiger partial charge is 0.459 e. The van der Waals surface area contributed by atoms with Gasteiger partial charge in [0.05, 0.1) is 0 Å². The third kappa shape index (κ3) is 4.80. The Labute approximate surface area is 195 Å². The second-order valence-electron chi connectivity index (χ2n) is 8.21. The highest BCUT2D eigenvalue weighted by Gasteiger charge is 2.60. The second kappa shape index (κ2) is 8.86. The molecule has 3 heterocycles. The molecule has 0 unspecified atom stereocenters. The second-order valence-corrected chi connectivity index (χ2v) is 8.21. The fraction of sp³-hybridized carbons (Fsp3) is 0.364. The van der Waals surface area contributed by atoms with Crippen molar-refractivity contribution >= 4 is 11.5 Å². The van der Waals surface area contributed by atoms with Crippen molar-refractivity contribution in [3.8, 4) is 0 Å². The van der Waals surface area contributed by atoms with E-state index in [9.17, 15) is 31.1 Å². The summed E-state index contributed by atoms with van der Waals surface area (Å²) in [7, 11) is 0. The van der Waals surface area contributed by atoms with E-state index in [-0.39, 0.29) is 23.5 Å². The van der Waals surface area contributed by atoms with E-state index >= 15 is 0 Å². The van der Waals surface area contributed by atoms with Crippen LogP contribution in [0.5, 0.6) is 0 Å². The van der Waals surface area contributed by atoms with Gasteiger partial charge in [0.1, 0.15) is 24.0 Å². The molecule has 3 aromatic rings. The van der Waals surface area contributed by atoms with Gasteiger partial charge in [-0.2, -0.15) is 37.0 Å². The first-order chi connectivity index (χ1) is 16.4. The standard InChI is InChI=1S/C22H20F6N6O/c1-13-11-32(9-7-17(13)15-3-5-16(23)6-4-15)19-29-14(2)34(20(35)30-19)12-33-10-8-18(31-33)21(24,25)22(26,27)28/h3-8,10,13H,9,11-12H2,1-2H3/t13-/m0/s1. The normalized spacial score (nSPS) is 17.0. The highest BCUT2D eigenvalue weighted by atomic mass is 19.4. The lowest BCUT2D eigenvalue weighted by Gasteiger charge is -2.31. The molecule has 0 spiro atoms. The topological polar surface area (TPSA) is 68.8 Å². The molecule has 0 aliphatic carbocycles. The number of rotatable bonds is 5. The summed E-state index contributed by atoms with van der Waals surface area (Å²) in [6, 6.07) is 6.70. The number of nitrogens with zero attached hydrogens (tertiary/aromatic N) is 6. The third-order valence-corrected chi connectivity index (χ3v) is 5.70. The minimum atomic E-state index is -5.79. The molecular formula is C22H20F6N6O. The molecule has 0 saturated carbocycles. The Hall–Kier alpha value is -3.64. The Morgan fingerprint density at radius 3 is 2.34 bits per heavy atom. The summed E-state index contributed by atoms with van der Waals surface area (Å²) in [6.07, 6.45) is -2.93. The van der Waals surface area contributed by atoms with Crippen LogP contribution in [-0.2, 0) is 12.6 Å². The molecule has 13 heteroatoms. The van der Waals surface area contributed by atoms with E-state index in [0.717, 1.165) is 26.6 Å². The van der Waals surface area contributed by atoms with Crippen LogP contribution in [0.4, 0.5) is 32.3 Å². The van der Waals surface area contributed by atoms with Gasteiger partial charge < -0.3 is 4.90 Å². The van der Waals surface area contributed by atoms with Crippen molar-refractivity contribution in [1.82, 2.24) is 24.3 Å². The first kappa shape index (κ1) is 24.5. The highest BCUT2D eigenvalue weighted by Crippen LogP contribution is 2.42. The highest BCUT2D eigenvalue weighted by molar-refractivity contribution is 5.69. The third-order valence-electron chi connectivity index (χ3n) is 5.70. The molecule has 4 rings (SSSR count). The monoisotopic (exact) mass is 498 g/mol. The van der Waals surface area contributed by atoms with Crippen molar-refractivity contribution in [2.45, 2.75) is 32.6 Å². The molecule has 0 bridgehead atoms. The summed E-state index contributed by atoms with van der Waals surface area (Å²) in [6.45, 7) is 3.91. The van der Waals surface area contributed by atoms with Crippen LogP contribution in [0, 0.1) is 18.7 Å². The van der Waals surface area contributed by atoms with Gasteiger partial charge >= 0.3 is 17.8 Å². The number of halogens is 6. The van der Waals surface area contributed by atoms with Crippen molar-refractivity contribution in [2.24, 2.45) is 5.92 Å². The van der Waals surface area contributed by atoms with E-state index in [4.69, 9.17) is 0 Å². The Morgan fingerprint density at radius 1 is 1.06 bits per heavy atom. The van der Waals surface area contributed by atoms with Gasteiger partial charge in [-0.15, -0.1) is 0 Å². The zero-order valence-corrected chi connectivity index (χ0v) is 18.6. The van der Waals surface area contributed by atoms with Crippen LogP contribution in [0.15, 0.2) is 47.4 Å². The zero-order valence-electron chi connectivity index (χ0n) is 18.6. The molecular weight excluding hydrogens is 478 g/mol. The molecule has 0 saturated heterocycles. The average Bonchev–Trinajstić information content (AvgIpc) is 3.25. The van der Waals surface area contributed by atoms with Crippen LogP contribution in [0.25, 0.3) is 5.57 Å². The van der Waals surface area contributed by atoms with Crippen molar-refractivity contribution in [3.05, 3.63) is 76.0 Å². The van der Waals surface area contributed by atoms with Gasteiger partial charge in [-0.25, -0.2) is 9.18 Å². The predicted molar refractivity (Wildman–Crippen MR) is 114 cm³/mol. The number of aromatic nitrogens is 5. The zero-order chi connectivity index (χ0) is 25.5. The first-order valence-electron chi connectivity index (χ1n) is 10.5.